The Hall–Kier alpha value is -1.48. The van der Waals surface area contributed by atoms with Crippen molar-refractivity contribution in [2.45, 2.75) is 4.90 Å². The Bertz CT molecular complexity index is 753. The van der Waals surface area contributed by atoms with E-state index >= 15 is 0 Å². The van der Waals surface area contributed by atoms with E-state index in [1.807, 2.05) is 0 Å². The standard InChI is InChI=1S/C12H10INO4S/c1-13-18-11-8-5-9-14(12(11)15)19(16,17)10-6-3-2-4-7-10/h2-9H,1H2. The molecule has 0 amide bonds. The second kappa shape index (κ2) is 5.66. The second-order valence-electron chi connectivity index (χ2n) is 3.48. The molecule has 0 radical (unpaired) electrons. The predicted octanol–water partition coefficient (Wildman–Crippen LogP) is 1.78. The number of aromatic nitrogens is 1. The summed E-state index contributed by atoms with van der Waals surface area (Å²) in [6, 6.07) is 10.7. The quantitative estimate of drug-likeness (QED) is 0.746. The van der Waals surface area contributed by atoms with Crippen LogP contribution in [-0.2, 0) is 10.0 Å². The van der Waals surface area contributed by atoms with Crippen molar-refractivity contribution in [3.05, 3.63) is 59.0 Å². The van der Waals surface area contributed by atoms with E-state index in [0.29, 0.717) is 3.97 Å². The van der Waals surface area contributed by atoms with Crippen molar-refractivity contribution in [1.82, 2.24) is 3.97 Å². The molecule has 2 rings (SSSR count). The molecule has 0 saturated heterocycles. The number of pyridine rings is 1. The van der Waals surface area contributed by atoms with E-state index in [4.69, 9.17) is 3.07 Å². The second-order valence-corrected chi connectivity index (χ2v) is 6.36. The maximum absolute atomic E-state index is 12.3. The zero-order valence-corrected chi connectivity index (χ0v) is 12.7. The molecule has 0 aliphatic carbocycles. The average Bonchev–Trinajstić information content (AvgIpc) is 2.42. The Labute approximate surface area is 120 Å². The largest absolute Gasteiger partial charge is 0.431 e. The van der Waals surface area contributed by atoms with Gasteiger partial charge in [-0.05, 0) is 28.8 Å². The highest BCUT2D eigenvalue weighted by Gasteiger charge is 2.19. The summed E-state index contributed by atoms with van der Waals surface area (Å²) in [5, 5.41) is 0. The molecule has 0 aliphatic rings. The van der Waals surface area contributed by atoms with E-state index in [0.717, 1.165) is 0 Å². The monoisotopic (exact) mass is 391 g/mol. The number of hydrogen-bond donors (Lipinski definition) is 0. The Kier molecular flexibility index (Phi) is 4.15. The highest BCUT2D eigenvalue weighted by molar-refractivity contribution is 14.2. The van der Waals surface area contributed by atoms with Gasteiger partial charge in [0, 0.05) is 6.20 Å². The van der Waals surface area contributed by atoms with Crippen molar-refractivity contribution in [3.63, 3.8) is 0 Å². The van der Waals surface area contributed by atoms with Gasteiger partial charge in [-0.2, -0.15) is 0 Å². The highest BCUT2D eigenvalue weighted by Crippen LogP contribution is 2.14. The zero-order valence-electron chi connectivity index (χ0n) is 9.69. The third-order valence-corrected chi connectivity index (χ3v) is 4.78. The molecule has 7 heteroatoms. The first-order chi connectivity index (χ1) is 9.07. The molecular weight excluding hydrogens is 381 g/mol. The van der Waals surface area contributed by atoms with E-state index in [1.165, 1.54) is 30.5 Å². The summed E-state index contributed by atoms with van der Waals surface area (Å²) in [7, 11) is -3.89. The van der Waals surface area contributed by atoms with Crippen LogP contribution >= 0.6 is 21.1 Å². The van der Waals surface area contributed by atoms with Crippen LogP contribution in [0.2, 0.25) is 0 Å². The van der Waals surface area contributed by atoms with Gasteiger partial charge in [-0.25, -0.2) is 12.4 Å². The Morgan fingerprint density at radius 2 is 1.79 bits per heavy atom. The molecule has 0 spiro atoms. The summed E-state index contributed by atoms with van der Waals surface area (Å²) >= 11 is -0.851. The molecule has 1 aromatic heterocycles. The molecule has 0 saturated carbocycles. The van der Waals surface area contributed by atoms with Crippen LogP contribution in [0.15, 0.2) is 58.4 Å². The molecule has 19 heavy (non-hydrogen) atoms. The smallest absolute Gasteiger partial charge is 0.307 e. The lowest BCUT2D eigenvalue weighted by molar-refractivity contribution is 0.582. The summed E-state index contributed by atoms with van der Waals surface area (Å²) < 4.78 is 34.0. The first-order valence-electron chi connectivity index (χ1n) is 5.15. The van der Waals surface area contributed by atoms with Gasteiger partial charge in [0.05, 0.1) is 4.90 Å². The van der Waals surface area contributed by atoms with Crippen LogP contribution in [-0.4, -0.2) is 16.9 Å². The molecule has 0 N–H and O–H groups in total. The lowest BCUT2D eigenvalue weighted by atomic mass is 10.4. The predicted molar refractivity (Wildman–Crippen MR) is 81.5 cm³/mol. The van der Waals surface area contributed by atoms with E-state index < -0.39 is 36.7 Å². The van der Waals surface area contributed by atoms with Crippen LogP contribution in [0.4, 0.5) is 0 Å². The van der Waals surface area contributed by atoms with Gasteiger partial charge in [0.15, 0.2) is 5.75 Å². The molecule has 0 atom stereocenters. The topological polar surface area (TPSA) is 65.4 Å². The SMILES string of the molecule is C=IOc1cccn(S(=O)(=O)c2ccccc2)c1=O. The summed E-state index contributed by atoms with van der Waals surface area (Å²) in [6.07, 6.45) is 1.21. The van der Waals surface area contributed by atoms with Gasteiger partial charge in [-0.15, -0.1) is 0 Å². The number of nitrogens with zero attached hydrogens (tertiary/aromatic N) is 1. The lowest BCUT2D eigenvalue weighted by Gasteiger charge is -2.08. The van der Waals surface area contributed by atoms with Crippen LogP contribution in [0.5, 0.6) is 5.75 Å². The van der Waals surface area contributed by atoms with E-state index in [9.17, 15) is 13.2 Å². The van der Waals surface area contributed by atoms with Crippen LogP contribution in [0.1, 0.15) is 0 Å². The maximum Gasteiger partial charge on any atom is 0.307 e. The minimum Gasteiger partial charge on any atom is -0.431 e. The maximum atomic E-state index is 12.3. The van der Waals surface area contributed by atoms with Gasteiger partial charge in [-0.1, -0.05) is 18.2 Å². The third kappa shape index (κ3) is 2.76. The van der Waals surface area contributed by atoms with Crippen molar-refractivity contribution in [2.75, 3.05) is 0 Å². The third-order valence-electron chi connectivity index (χ3n) is 2.32. The van der Waals surface area contributed by atoms with Crippen molar-refractivity contribution in [2.24, 2.45) is 0 Å². The molecule has 5 nitrogen and oxygen atoms in total. The van der Waals surface area contributed by atoms with E-state index in [-0.39, 0.29) is 10.6 Å². The number of rotatable bonds is 4. The van der Waals surface area contributed by atoms with Crippen molar-refractivity contribution < 1.29 is 11.5 Å². The Morgan fingerprint density at radius 3 is 2.42 bits per heavy atom. The fourth-order valence-electron chi connectivity index (χ4n) is 1.47. The lowest BCUT2D eigenvalue weighted by Crippen LogP contribution is -2.27. The van der Waals surface area contributed by atoms with Crippen molar-refractivity contribution in [3.8, 4) is 5.75 Å². The summed E-state index contributed by atoms with van der Waals surface area (Å²) in [5.41, 5.74) is -0.699. The van der Waals surface area contributed by atoms with Crippen LogP contribution < -0.4 is 8.63 Å². The normalized spacial score (nSPS) is 11.2. The fraction of sp³-hybridized carbons (Fsp3) is 0. The first kappa shape index (κ1) is 13.9. The fourth-order valence-corrected chi connectivity index (χ4v) is 3.41. The molecule has 1 heterocycles. The number of benzene rings is 1. The molecule has 0 aliphatic heterocycles. The number of hydrogen-bond acceptors (Lipinski definition) is 4. The minimum absolute atomic E-state index is 0.00445. The van der Waals surface area contributed by atoms with Gasteiger partial charge in [0.1, 0.15) is 21.1 Å². The van der Waals surface area contributed by atoms with E-state index in [1.54, 1.807) is 18.2 Å². The van der Waals surface area contributed by atoms with Gasteiger partial charge in [0.2, 0.25) is 0 Å². The van der Waals surface area contributed by atoms with Gasteiger partial charge in [-0.3, -0.25) is 4.79 Å². The molecule has 0 bridgehead atoms. The molecule has 0 fully saturated rings. The highest BCUT2D eigenvalue weighted by atomic mass is 127. The van der Waals surface area contributed by atoms with Crippen LogP contribution in [0, 0.1) is 0 Å². The molecule has 100 valence electrons. The van der Waals surface area contributed by atoms with Crippen molar-refractivity contribution in [1.29, 1.82) is 0 Å². The minimum atomic E-state index is -3.89. The Morgan fingerprint density at radius 1 is 1.11 bits per heavy atom. The molecule has 2 aromatic rings. The first-order valence-corrected chi connectivity index (χ1v) is 8.99. The summed E-state index contributed by atoms with van der Waals surface area (Å²) in [4.78, 5) is 12.1. The zero-order chi connectivity index (χ0) is 13.9. The van der Waals surface area contributed by atoms with Crippen LogP contribution in [0.25, 0.3) is 0 Å². The van der Waals surface area contributed by atoms with Gasteiger partial charge < -0.3 is 3.07 Å². The average molecular weight is 391 g/mol. The molecule has 1 aromatic carbocycles. The number of halogens is 1. The van der Waals surface area contributed by atoms with Gasteiger partial charge in [0.25, 0.3) is 10.0 Å². The van der Waals surface area contributed by atoms with Crippen molar-refractivity contribution >= 4 is 35.7 Å². The summed E-state index contributed by atoms with van der Waals surface area (Å²) in [5.74, 6) is 0.00445. The van der Waals surface area contributed by atoms with E-state index in [2.05, 4.69) is 4.51 Å². The molecular formula is C12H10INO4S. The molecule has 0 unspecified atom stereocenters. The Balaban J connectivity index is 2.63. The van der Waals surface area contributed by atoms with Gasteiger partial charge >= 0.3 is 5.56 Å². The van der Waals surface area contributed by atoms with Crippen LogP contribution in [0.3, 0.4) is 0 Å². The summed E-state index contributed by atoms with van der Waals surface area (Å²) in [6.45, 7) is 0.